The Morgan fingerprint density at radius 3 is 2.62 bits per heavy atom. The number of hydrogen-bond acceptors (Lipinski definition) is 4. The van der Waals surface area contributed by atoms with Crippen molar-refractivity contribution in [2.75, 3.05) is 6.26 Å². The highest BCUT2D eigenvalue weighted by Gasteiger charge is 2.44. The zero-order valence-corrected chi connectivity index (χ0v) is 14.6. The second-order valence-corrected chi connectivity index (χ2v) is 7.40. The highest BCUT2D eigenvalue weighted by Crippen LogP contribution is 2.46. The Balaban J connectivity index is 2.10. The van der Waals surface area contributed by atoms with E-state index in [1.54, 1.807) is 11.8 Å². The van der Waals surface area contributed by atoms with Crippen LogP contribution in [0.15, 0.2) is 38.7 Å². The lowest BCUT2D eigenvalue weighted by Gasteiger charge is -2.35. The Hall–Kier alpha value is -0.810. The predicted octanol–water partition coefficient (Wildman–Crippen LogP) is 4.31. The highest BCUT2D eigenvalue weighted by molar-refractivity contribution is 9.10. The predicted molar refractivity (Wildman–Crippen MR) is 95.0 cm³/mol. The molecule has 1 aliphatic carbocycles. The first kappa shape index (κ1) is 15.1. The molecule has 2 N–H and O–H groups in total. The summed E-state index contributed by atoms with van der Waals surface area (Å²) in [6.07, 6.45) is 8.21. The third kappa shape index (κ3) is 2.78. The first-order valence-corrected chi connectivity index (χ1v) is 9.43. The van der Waals surface area contributed by atoms with Gasteiger partial charge < -0.3 is 5.73 Å². The van der Waals surface area contributed by atoms with Gasteiger partial charge in [0.25, 0.3) is 0 Å². The van der Waals surface area contributed by atoms with Gasteiger partial charge in [0.1, 0.15) is 5.04 Å². The number of thioether (sulfide) groups is 1. The lowest BCUT2D eigenvalue weighted by atomic mass is 9.77. The van der Waals surface area contributed by atoms with E-state index in [0.717, 1.165) is 15.1 Å². The van der Waals surface area contributed by atoms with E-state index in [9.17, 15) is 0 Å². The molecule has 1 aliphatic heterocycles. The fourth-order valence-electron chi connectivity index (χ4n) is 3.39. The van der Waals surface area contributed by atoms with Gasteiger partial charge in [-0.2, -0.15) is 0 Å². The fraction of sp³-hybridized carbons (Fsp3) is 0.500. The van der Waals surface area contributed by atoms with Crippen molar-refractivity contribution in [3.8, 4) is 0 Å². The van der Waals surface area contributed by atoms with Crippen LogP contribution in [-0.2, 0) is 5.66 Å². The Kier molecular flexibility index (Phi) is 4.41. The first-order chi connectivity index (χ1) is 10.2. The molecule has 1 heterocycles. The standard InChI is InChI=1S/C16H20BrN3S/c1-21-15-14(18)19-16(20-15,11-6-3-2-4-7-11)12-8-5-9-13(17)10-12/h5,8-11H,2-4,6-7H2,1H3,(H2,18,19)/t16-/m0/s1. The largest absolute Gasteiger partial charge is 0.382 e. The van der Waals surface area contributed by atoms with Crippen LogP contribution in [0.1, 0.15) is 37.7 Å². The Labute approximate surface area is 138 Å². The summed E-state index contributed by atoms with van der Waals surface area (Å²) in [5.41, 5.74) is 6.78. The molecule has 1 aromatic rings. The Morgan fingerprint density at radius 1 is 1.24 bits per heavy atom. The van der Waals surface area contributed by atoms with Crippen LogP contribution in [0.25, 0.3) is 0 Å². The Bertz CT molecular complexity index is 593. The van der Waals surface area contributed by atoms with E-state index < -0.39 is 5.66 Å². The van der Waals surface area contributed by atoms with Crippen LogP contribution in [0.5, 0.6) is 0 Å². The van der Waals surface area contributed by atoms with E-state index >= 15 is 0 Å². The van der Waals surface area contributed by atoms with Gasteiger partial charge >= 0.3 is 0 Å². The molecule has 3 rings (SSSR count). The van der Waals surface area contributed by atoms with Crippen molar-refractivity contribution in [3.05, 3.63) is 34.3 Å². The summed E-state index contributed by atoms with van der Waals surface area (Å²) in [6.45, 7) is 0. The van der Waals surface area contributed by atoms with Gasteiger partial charge in [0, 0.05) is 16.0 Å². The van der Waals surface area contributed by atoms with E-state index in [0.29, 0.717) is 11.8 Å². The summed E-state index contributed by atoms with van der Waals surface area (Å²) in [7, 11) is 0. The van der Waals surface area contributed by atoms with Crippen molar-refractivity contribution in [2.24, 2.45) is 21.6 Å². The van der Waals surface area contributed by atoms with E-state index in [-0.39, 0.29) is 0 Å². The molecule has 0 radical (unpaired) electrons. The minimum absolute atomic E-state index is 0.448. The van der Waals surface area contributed by atoms with Crippen LogP contribution in [0.3, 0.4) is 0 Å². The molecule has 0 aromatic heterocycles. The van der Waals surface area contributed by atoms with Crippen LogP contribution in [0.2, 0.25) is 0 Å². The number of nitrogens with two attached hydrogens (primary N) is 1. The molecule has 0 amide bonds. The molecule has 0 bridgehead atoms. The van der Waals surface area contributed by atoms with E-state index in [1.807, 2.05) is 12.3 Å². The average Bonchev–Trinajstić information content (AvgIpc) is 2.86. The monoisotopic (exact) mass is 365 g/mol. The van der Waals surface area contributed by atoms with E-state index in [1.165, 1.54) is 32.1 Å². The van der Waals surface area contributed by atoms with Gasteiger partial charge in [-0.3, -0.25) is 0 Å². The zero-order chi connectivity index (χ0) is 14.9. The van der Waals surface area contributed by atoms with Crippen molar-refractivity contribution >= 4 is 38.6 Å². The van der Waals surface area contributed by atoms with Crippen molar-refractivity contribution in [2.45, 2.75) is 37.8 Å². The van der Waals surface area contributed by atoms with Crippen molar-refractivity contribution < 1.29 is 0 Å². The molecule has 1 saturated carbocycles. The third-order valence-electron chi connectivity index (χ3n) is 4.40. The molecule has 112 valence electrons. The maximum Gasteiger partial charge on any atom is 0.182 e. The number of aliphatic imine (C=N–C) groups is 2. The highest BCUT2D eigenvalue weighted by atomic mass is 79.9. The second kappa shape index (κ2) is 6.13. The zero-order valence-electron chi connectivity index (χ0n) is 12.2. The molecule has 2 aliphatic rings. The van der Waals surface area contributed by atoms with Crippen LogP contribution in [0, 0.1) is 5.92 Å². The molecule has 0 spiro atoms. The summed E-state index contributed by atoms with van der Waals surface area (Å²) < 4.78 is 1.07. The Morgan fingerprint density at radius 2 is 2.00 bits per heavy atom. The van der Waals surface area contributed by atoms with Crippen LogP contribution >= 0.6 is 27.7 Å². The molecular formula is C16H20BrN3S. The number of benzene rings is 1. The molecule has 1 atom stereocenters. The number of hydrogen-bond donors (Lipinski definition) is 1. The first-order valence-electron chi connectivity index (χ1n) is 7.41. The minimum atomic E-state index is -0.507. The van der Waals surface area contributed by atoms with Gasteiger partial charge in [-0.1, -0.05) is 47.3 Å². The van der Waals surface area contributed by atoms with Crippen LogP contribution in [0.4, 0.5) is 0 Å². The van der Waals surface area contributed by atoms with Gasteiger partial charge in [-0.25, -0.2) is 9.98 Å². The quantitative estimate of drug-likeness (QED) is 0.848. The molecular weight excluding hydrogens is 346 g/mol. The molecule has 5 heteroatoms. The SMILES string of the molecule is CSC1=N[C@](c2cccc(Br)c2)(C2CCCCC2)N=C1N. The topological polar surface area (TPSA) is 50.7 Å². The number of amidine groups is 1. The number of halogens is 1. The van der Waals surface area contributed by atoms with Crippen molar-refractivity contribution in [3.63, 3.8) is 0 Å². The molecule has 3 nitrogen and oxygen atoms in total. The normalized spacial score (nSPS) is 26.6. The average molecular weight is 366 g/mol. The van der Waals surface area contributed by atoms with Crippen molar-refractivity contribution in [1.82, 2.24) is 0 Å². The summed E-state index contributed by atoms with van der Waals surface area (Å²) >= 11 is 5.16. The summed E-state index contributed by atoms with van der Waals surface area (Å²) in [5, 5.41) is 0.876. The molecule has 1 fully saturated rings. The minimum Gasteiger partial charge on any atom is -0.382 e. The molecule has 0 saturated heterocycles. The van der Waals surface area contributed by atoms with E-state index in [4.69, 9.17) is 15.7 Å². The third-order valence-corrected chi connectivity index (χ3v) is 5.58. The number of rotatable bonds is 2. The maximum atomic E-state index is 6.13. The van der Waals surface area contributed by atoms with Crippen molar-refractivity contribution in [1.29, 1.82) is 0 Å². The van der Waals surface area contributed by atoms with E-state index in [2.05, 4.69) is 34.1 Å². The summed E-state index contributed by atoms with van der Waals surface area (Å²) in [5.74, 6) is 1.04. The smallest absolute Gasteiger partial charge is 0.182 e. The fourth-order valence-corrected chi connectivity index (χ4v) is 4.27. The second-order valence-electron chi connectivity index (χ2n) is 5.69. The van der Waals surface area contributed by atoms with Crippen LogP contribution < -0.4 is 5.73 Å². The molecule has 1 aromatic carbocycles. The summed E-state index contributed by atoms with van der Waals surface area (Å²) in [4.78, 5) is 9.84. The maximum absolute atomic E-state index is 6.13. The van der Waals surface area contributed by atoms with Gasteiger partial charge in [-0.15, -0.1) is 11.8 Å². The molecule has 21 heavy (non-hydrogen) atoms. The van der Waals surface area contributed by atoms with Gasteiger partial charge in [0.15, 0.2) is 11.5 Å². The van der Waals surface area contributed by atoms with Gasteiger partial charge in [0.2, 0.25) is 0 Å². The van der Waals surface area contributed by atoms with Gasteiger partial charge in [-0.05, 0) is 31.2 Å². The number of nitrogens with zero attached hydrogens (tertiary/aromatic N) is 2. The van der Waals surface area contributed by atoms with Gasteiger partial charge in [0.05, 0.1) is 0 Å². The summed E-state index contributed by atoms with van der Waals surface area (Å²) in [6, 6.07) is 8.36. The molecule has 0 unspecified atom stereocenters. The van der Waals surface area contributed by atoms with Crippen LogP contribution in [-0.4, -0.2) is 17.1 Å². The lowest BCUT2D eigenvalue weighted by molar-refractivity contribution is 0.220. The lowest BCUT2D eigenvalue weighted by Crippen LogP contribution is -2.32.